The van der Waals surface area contributed by atoms with Gasteiger partial charge in [0.2, 0.25) is 0 Å². The number of cyclic esters (lactones) is 1. The molecule has 0 amide bonds. The molecule has 0 saturated carbocycles. The van der Waals surface area contributed by atoms with E-state index in [0.29, 0.717) is 11.3 Å². The van der Waals surface area contributed by atoms with Crippen molar-refractivity contribution in [2.45, 2.75) is 12.7 Å². The summed E-state index contributed by atoms with van der Waals surface area (Å²) in [5, 5.41) is 0. The lowest BCUT2D eigenvalue weighted by molar-refractivity contribution is -0.181. The lowest BCUT2D eigenvalue weighted by Crippen LogP contribution is -2.37. The first kappa shape index (κ1) is 14.1. The van der Waals surface area contributed by atoms with Crippen LogP contribution in [0, 0.1) is 0 Å². The van der Waals surface area contributed by atoms with Gasteiger partial charge in [-0.05, 0) is 11.6 Å². The van der Waals surface area contributed by atoms with Crippen LogP contribution < -0.4 is 0 Å². The number of carbonyl (C=O) groups excluding carboxylic acids is 1. The van der Waals surface area contributed by atoms with Crippen LogP contribution in [-0.4, -0.2) is 11.8 Å². The number of ether oxygens (including phenoxy) is 2. The van der Waals surface area contributed by atoms with E-state index in [1.165, 1.54) is 6.08 Å². The molecule has 0 unspecified atom stereocenters. The second kappa shape index (κ2) is 5.53. The fourth-order valence-electron chi connectivity index (χ4n) is 2.33. The van der Waals surface area contributed by atoms with Gasteiger partial charge in [-0.3, -0.25) is 0 Å². The number of carbonyl (C=O) groups is 1. The van der Waals surface area contributed by atoms with Crippen molar-refractivity contribution in [3.05, 3.63) is 84.4 Å². The maximum atomic E-state index is 12.5. The van der Waals surface area contributed by atoms with E-state index in [-0.39, 0.29) is 0 Å². The van der Waals surface area contributed by atoms with Crippen molar-refractivity contribution < 1.29 is 14.3 Å². The second-order valence-electron chi connectivity index (χ2n) is 5.15. The van der Waals surface area contributed by atoms with E-state index in [1.807, 2.05) is 60.7 Å². The Morgan fingerprint density at radius 2 is 1.45 bits per heavy atom. The molecule has 1 heterocycles. The normalized spacial score (nSPS) is 21.0. The highest BCUT2D eigenvalue weighted by Crippen LogP contribution is 2.38. The summed E-state index contributed by atoms with van der Waals surface area (Å²) in [6.07, 6.45) is 1.48. The van der Waals surface area contributed by atoms with Crippen LogP contribution >= 0.6 is 0 Å². The highest BCUT2D eigenvalue weighted by Gasteiger charge is 2.38. The van der Waals surface area contributed by atoms with Crippen molar-refractivity contribution in [2.24, 2.45) is 0 Å². The van der Waals surface area contributed by atoms with Crippen molar-refractivity contribution in [3.8, 4) is 0 Å². The molecule has 22 heavy (non-hydrogen) atoms. The average molecular weight is 292 g/mol. The molecule has 0 bridgehead atoms. The fraction of sp³-hybridized carbons (Fsp3) is 0.105. The van der Waals surface area contributed by atoms with Gasteiger partial charge in [0.05, 0.1) is 0 Å². The Morgan fingerprint density at radius 3 is 2.00 bits per heavy atom. The summed E-state index contributed by atoms with van der Waals surface area (Å²) >= 11 is 0. The Morgan fingerprint density at radius 1 is 0.909 bits per heavy atom. The maximum Gasteiger partial charge on any atom is 0.346 e. The van der Waals surface area contributed by atoms with E-state index in [1.54, 1.807) is 6.92 Å². The first-order valence-electron chi connectivity index (χ1n) is 7.04. The van der Waals surface area contributed by atoms with E-state index >= 15 is 0 Å². The second-order valence-corrected chi connectivity index (χ2v) is 5.15. The molecule has 3 heteroatoms. The molecule has 3 nitrogen and oxygen atoms in total. The van der Waals surface area contributed by atoms with Gasteiger partial charge in [-0.25, -0.2) is 4.79 Å². The van der Waals surface area contributed by atoms with Gasteiger partial charge < -0.3 is 9.47 Å². The minimum absolute atomic E-state index is 0.418. The van der Waals surface area contributed by atoms with Crippen molar-refractivity contribution in [3.63, 3.8) is 0 Å². The Hall–Kier alpha value is -2.81. The van der Waals surface area contributed by atoms with Crippen LogP contribution in [0.2, 0.25) is 0 Å². The zero-order valence-corrected chi connectivity index (χ0v) is 12.3. The molecule has 110 valence electrons. The van der Waals surface area contributed by atoms with Crippen LogP contribution in [0.25, 0.3) is 11.3 Å². The molecular weight excluding hydrogens is 276 g/mol. The third kappa shape index (κ3) is 2.53. The third-order valence-corrected chi connectivity index (χ3v) is 3.50. The molecule has 0 radical (unpaired) electrons. The Kier molecular flexibility index (Phi) is 3.55. The molecule has 0 N–H and O–H groups in total. The monoisotopic (exact) mass is 292 g/mol. The van der Waals surface area contributed by atoms with Crippen LogP contribution in [0.1, 0.15) is 18.1 Å². The SMILES string of the molecule is C=C[C@]1(C)OC(=O)C(c2ccccc2)=C(c2ccccc2)O1. The predicted octanol–water partition coefficient (Wildman–Crippen LogP) is 4.03. The molecule has 0 fully saturated rings. The van der Waals surface area contributed by atoms with Crippen molar-refractivity contribution >= 4 is 17.3 Å². The van der Waals surface area contributed by atoms with Gasteiger partial charge in [-0.15, -0.1) is 0 Å². The molecule has 1 atom stereocenters. The third-order valence-electron chi connectivity index (χ3n) is 3.50. The van der Waals surface area contributed by atoms with Crippen molar-refractivity contribution in [2.75, 3.05) is 0 Å². The first-order chi connectivity index (χ1) is 10.6. The Balaban J connectivity index is 2.22. The van der Waals surface area contributed by atoms with E-state index in [0.717, 1.165) is 11.1 Å². The highest BCUT2D eigenvalue weighted by atomic mass is 16.7. The summed E-state index contributed by atoms with van der Waals surface area (Å²) in [6, 6.07) is 18.9. The number of esters is 1. The first-order valence-corrected chi connectivity index (χ1v) is 7.04. The number of hydrogen-bond acceptors (Lipinski definition) is 3. The summed E-state index contributed by atoms with van der Waals surface area (Å²) in [7, 11) is 0. The molecular formula is C19H16O3. The summed E-state index contributed by atoms with van der Waals surface area (Å²) in [5.41, 5.74) is 2.01. The molecule has 0 spiro atoms. The maximum absolute atomic E-state index is 12.5. The summed E-state index contributed by atoms with van der Waals surface area (Å²) in [5.74, 6) is -1.08. The highest BCUT2D eigenvalue weighted by molar-refractivity contribution is 6.24. The van der Waals surface area contributed by atoms with Gasteiger partial charge in [0.1, 0.15) is 11.3 Å². The summed E-state index contributed by atoms with van der Waals surface area (Å²) in [4.78, 5) is 12.5. The number of rotatable bonds is 3. The van der Waals surface area contributed by atoms with Crippen LogP contribution in [0.4, 0.5) is 0 Å². The van der Waals surface area contributed by atoms with Gasteiger partial charge in [-0.2, -0.15) is 0 Å². The van der Waals surface area contributed by atoms with Crippen molar-refractivity contribution in [1.29, 1.82) is 0 Å². The smallest absolute Gasteiger partial charge is 0.346 e. The van der Waals surface area contributed by atoms with Crippen LogP contribution in [0.5, 0.6) is 0 Å². The number of hydrogen-bond donors (Lipinski definition) is 0. The van der Waals surface area contributed by atoms with Gasteiger partial charge >= 0.3 is 5.97 Å². The van der Waals surface area contributed by atoms with Crippen LogP contribution in [0.3, 0.4) is 0 Å². The van der Waals surface area contributed by atoms with Gasteiger partial charge in [0.15, 0.2) is 0 Å². The molecule has 0 aromatic heterocycles. The minimum Gasteiger partial charge on any atom is -0.447 e. The zero-order chi connectivity index (χ0) is 15.6. The molecule has 0 saturated heterocycles. The van der Waals surface area contributed by atoms with Crippen molar-refractivity contribution in [1.82, 2.24) is 0 Å². The van der Waals surface area contributed by atoms with Gasteiger partial charge in [0.25, 0.3) is 5.79 Å². The van der Waals surface area contributed by atoms with E-state index in [2.05, 4.69) is 6.58 Å². The predicted molar refractivity (Wildman–Crippen MR) is 85.5 cm³/mol. The van der Waals surface area contributed by atoms with Gasteiger partial charge in [-0.1, -0.05) is 67.2 Å². The minimum atomic E-state index is -1.17. The van der Waals surface area contributed by atoms with Crippen LogP contribution in [-0.2, 0) is 14.3 Å². The lowest BCUT2D eigenvalue weighted by atomic mass is 9.99. The molecule has 1 aliphatic rings. The van der Waals surface area contributed by atoms with Gasteiger partial charge in [0, 0.05) is 12.5 Å². The quantitative estimate of drug-likeness (QED) is 0.633. The summed E-state index contributed by atoms with van der Waals surface area (Å²) < 4.78 is 11.4. The molecule has 2 aromatic rings. The number of benzene rings is 2. The average Bonchev–Trinajstić information content (AvgIpc) is 2.56. The fourth-order valence-corrected chi connectivity index (χ4v) is 2.33. The molecule has 3 rings (SSSR count). The lowest BCUT2D eigenvalue weighted by Gasteiger charge is -2.34. The van der Waals surface area contributed by atoms with E-state index < -0.39 is 11.8 Å². The molecule has 1 aliphatic heterocycles. The Labute approximate surface area is 129 Å². The topological polar surface area (TPSA) is 35.5 Å². The zero-order valence-electron chi connectivity index (χ0n) is 12.3. The largest absolute Gasteiger partial charge is 0.447 e. The van der Waals surface area contributed by atoms with E-state index in [9.17, 15) is 4.79 Å². The molecule has 0 aliphatic carbocycles. The molecule has 2 aromatic carbocycles. The van der Waals surface area contributed by atoms with E-state index in [4.69, 9.17) is 9.47 Å². The van der Waals surface area contributed by atoms with Crippen LogP contribution in [0.15, 0.2) is 73.3 Å². The standard InChI is InChI=1S/C19H16O3/c1-3-19(2)21-17(15-12-8-5-9-13-15)16(18(20)22-19)14-10-6-4-7-11-14/h3-13H,1H2,2H3/t19-/m0/s1. The Bertz CT molecular complexity index is 732. The summed E-state index contributed by atoms with van der Waals surface area (Å²) in [6.45, 7) is 5.36.